The number of carboxylic acid groups (broad SMARTS) is 1. The van der Waals surface area contributed by atoms with Crippen molar-refractivity contribution in [2.24, 2.45) is 0 Å². The molecule has 2 aliphatic heterocycles. The summed E-state index contributed by atoms with van der Waals surface area (Å²) in [6, 6.07) is 2.97. The van der Waals surface area contributed by atoms with E-state index in [1.165, 1.54) is 28.2 Å². The molecule has 9 nitrogen and oxygen atoms in total. The summed E-state index contributed by atoms with van der Waals surface area (Å²) in [4.78, 5) is 52.1. The molecule has 1 spiro atoms. The number of aromatic carboxylic acids is 1. The van der Waals surface area contributed by atoms with Gasteiger partial charge in [-0.25, -0.2) is 9.59 Å². The molecule has 29 heavy (non-hydrogen) atoms. The van der Waals surface area contributed by atoms with Gasteiger partial charge >= 0.3 is 11.7 Å². The number of nitrogens with zero attached hydrogens (tertiary/aromatic N) is 2. The van der Waals surface area contributed by atoms with Crippen molar-refractivity contribution < 1.29 is 19.4 Å². The van der Waals surface area contributed by atoms with Gasteiger partial charge in [-0.3, -0.25) is 14.6 Å². The zero-order valence-corrected chi connectivity index (χ0v) is 16.5. The summed E-state index contributed by atoms with van der Waals surface area (Å²) in [5.41, 5.74) is -0.564. The van der Waals surface area contributed by atoms with Crippen LogP contribution in [0.5, 0.6) is 0 Å². The third kappa shape index (κ3) is 3.77. The standard InChI is InChI=1S/C19H21N3O6S/c23-15-1-6-22(18(27)20-15)7-2-16(24)21-8-4-19(5-9-21)12-11-14(17(25)26)29-13(12)3-10-28-19/h1,6,11H,2-5,7-10H2,(H,25,26)(H,20,23,27). The molecule has 1 saturated heterocycles. The maximum Gasteiger partial charge on any atom is 0.345 e. The summed E-state index contributed by atoms with van der Waals surface area (Å²) in [5.74, 6) is -0.991. The maximum atomic E-state index is 12.6. The number of amides is 1. The minimum Gasteiger partial charge on any atom is -0.477 e. The number of aromatic nitrogens is 2. The average molecular weight is 419 g/mol. The summed E-state index contributed by atoms with van der Waals surface area (Å²) in [7, 11) is 0. The minimum atomic E-state index is -0.926. The summed E-state index contributed by atoms with van der Waals surface area (Å²) >= 11 is 1.31. The van der Waals surface area contributed by atoms with E-state index in [4.69, 9.17) is 4.74 Å². The normalized spacial score (nSPS) is 17.9. The molecule has 4 rings (SSSR count). The van der Waals surface area contributed by atoms with E-state index in [1.54, 1.807) is 11.0 Å². The van der Waals surface area contributed by atoms with E-state index in [2.05, 4.69) is 4.98 Å². The molecule has 4 heterocycles. The van der Waals surface area contributed by atoms with Gasteiger partial charge in [-0.1, -0.05) is 0 Å². The molecule has 0 aromatic carbocycles. The first-order valence-corrected chi connectivity index (χ1v) is 10.3. The van der Waals surface area contributed by atoms with Crippen LogP contribution < -0.4 is 11.2 Å². The molecular weight excluding hydrogens is 398 g/mol. The molecule has 0 aliphatic carbocycles. The van der Waals surface area contributed by atoms with Crippen molar-refractivity contribution in [2.45, 2.75) is 37.8 Å². The maximum absolute atomic E-state index is 12.6. The Morgan fingerprint density at radius 2 is 2.03 bits per heavy atom. The number of aryl methyl sites for hydroxylation is 1. The van der Waals surface area contributed by atoms with Gasteiger partial charge in [-0.15, -0.1) is 11.3 Å². The van der Waals surface area contributed by atoms with Crippen LogP contribution >= 0.6 is 11.3 Å². The number of ether oxygens (including phenoxy) is 1. The fraction of sp³-hybridized carbons (Fsp3) is 0.474. The van der Waals surface area contributed by atoms with Crippen molar-refractivity contribution in [1.82, 2.24) is 14.5 Å². The van der Waals surface area contributed by atoms with Crippen molar-refractivity contribution in [3.63, 3.8) is 0 Å². The molecule has 10 heteroatoms. The number of H-pyrrole nitrogens is 1. The minimum absolute atomic E-state index is 0.0643. The van der Waals surface area contributed by atoms with E-state index in [0.717, 1.165) is 10.4 Å². The smallest absolute Gasteiger partial charge is 0.345 e. The van der Waals surface area contributed by atoms with Crippen molar-refractivity contribution >= 4 is 23.2 Å². The highest BCUT2D eigenvalue weighted by Crippen LogP contribution is 2.44. The van der Waals surface area contributed by atoms with E-state index in [1.807, 2.05) is 0 Å². The molecule has 0 bridgehead atoms. The zero-order valence-electron chi connectivity index (χ0n) is 15.7. The van der Waals surface area contributed by atoms with Crippen molar-refractivity contribution in [1.29, 1.82) is 0 Å². The molecule has 0 unspecified atom stereocenters. The first-order valence-electron chi connectivity index (χ1n) is 9.46. The van der Waals surface area contributed by atoms with E-state index >= 15 is 0 Å². The van der Waals surface area contributed by atoms with E-state index in [9.17, 15) is 24.3 Å². The molecule has 0 atom stereocenters. The number of thiophene rings is 1. The Bertz CT molecular complexity index is 1060. The van der Waals surface area contributed by atoms with E-state index in [-0.39, 0.29) is 18.9 Å². The number of rotatable bonds is 4. The third-order valence-electron chi connectivity index (χ3n) is 5.61. The fourth-order valence-electron chi connectivity index (χ4n) is 4.05. The lowest BCUT2D eigenvalue weighted by Crippen LogP contribution is -2.48. The monoisotopic (exact) mass is 419 g/mol. The number of hydrogen-bond donors (Lipinski definition) is 2. The van der Waals surface area contributed by atoms with Crippen molar-refractivity contribution in [3.05, 3.63) is 54.5 Å². The van der Waals surface area contributed by atoms with Gasteiger partial charge in [0.05, 0.1) is 12.2 Å². The first-order chi connectivity index (χ1) is 13.9. The van der Waals surface area contributed by atoms with Gasteiger partial charge in [0, 0.05) is 49.6 Å². The van der Waals surface area contributed by atoms with Gasteiger partial charge in [0.15, 0.2) is 0 Å². The highest BCUT2D eigenvalue weighted by atomic mass is 32.1. The SMILES string of the molecule is O=C(O)c1cc2c(s1)CCOC21CCN(C(=O)CCn2ccc(=O)[nH]c2=O)CC1. The lowest BCUT2D eigenvalue weighted by atomic mass is 9.82. The van der Waals surface area contributed by atoms with Crippen LogP contribution in [-0.2, 0) is 28.1 Å². The van der Waals surface area contributed by atoms with E-state index in [0.29, 0.717) is 43.8 Å². The van der Waals surface area contributed by atoms with Crippen molar-refractivity contribution in [3.8, 4) is 0 Å². The Kier molecular flexibility index (Phi) is 5.13. The van der Waals surface area contributed by atoms with Crippen LogP contribution in [0.1, 0.15) is 39.4 Å². The van der Waals surface area contributed by atoms with Crippen LogP contribution in [0.25, 0.3) is 0 Å². The molecule has 2 aromatic heterocycles. The average Bonchev–Trinajstić information content (AvgIpc) is 3.14. The predicted octanol–water partition coefficient (Wildman–Crippen LogP) is 0.777. The largest absolute Gasteiger partial charge is 0.477 e. The van der Waals surface area contributed by atoms with Crippen LogP contribution in [0.15, 0.2) is 27.9 Å². The van der Waals surface area contributed by atoms with Gasteiger partial charge in [-0.2, -0.15) is 0 Å². The Morgan fingerprint density at radius 3 is 2.72 bits per heavy atom. The molecule has 2 aromatic rings. The van der Waals surface area contributed by atoms with Crippen LogP contribution in [0.4, 0.5) is 0 Å². The summed E-state index contributed by atoms with van der Waals surface area (Å²) in [6.45, 7) is 1.77. The van der Waals surface area contributed by atoms with Gasteiger partial charge in [0.2, 0.25) is 5.91 Å². The molecule has 0 saturated carbocycles. The van der Waals surface area contributed by atoms with Crippen LogP contribution in [0.2, 0.25) is 0 Å². The molecule has 1 amide bonds. The molecular formula is C19H21N3O6S. The van der Waals surface area contributed by atoms with E-state index < -0.39 is 22.8 Å². The molecule has 2 aliphatic rings. The quantitative estimate of drug-likeness (QED) is 0.755. The lowest BCUT2D eigenvalue weighted by molar-refractivity contribution is -0.140. The van der Waals surface area contributed by atoms with Crippen molar-refractivity contribution in [2.75, 3.05) is 19.7 Å². The predicted molar refractivity (Wildman–Crippen MR) is 104 cm³/mol. The number of piperidine rings is 1. The highest BCUT2D eigenvalue weighted by molar-refractivity contribution is 7.14. The zero-order chi connectivity index (χ0) is 20.6. The second kappa shape index (κ2) is 7.60. The Labute approximate surface area is 169 Å². The summed E-state index contributed by atoms with van der Waals surface area (Å²) < 4.78 is 7.41. The summed E-state index contributed by atoms with van der Waals surface area (Å²) in [6.07, 6.45) is 3.48. The summed E-state index contributed by atoms with van der Waals surface area (Å²) in [5, 5.41) is 9.30. The Hall–Kier alpha value is -2.72. The number of carboxylic acids is 1. The fourth-order valence-corrected chi connectivity index (χ4v) is 5.12. The topological polar surface area (TPSA) is 122 Å². The number of fused-ring (bicyclic) bond motifs is 2. The molecule has 154 valence electrons. The van der Waals surface area contributed by atoms with Gasteiger partial charge in [-0.05, 0) is 24.5 Å². The number of carbonyl (C=O) groups excluding carboxylic acids is 1. The van der Waals surface area contributed by atoms with Gasteiger partial charge in [0.25, 0.3) is 5.56 Å². The highest BCUT2D eigenvalue weighted by Gasteiger charge is 2.43. The lowest BCUT2D eigenvalue weighted by Gasteiger charge is -2.44. The number of nitrogens with one attached hydrogen (secondary N) is 1. The second-order valence-corrected chi connectivity index (χ2v) is 8.42. The number of aromatic amines is 1. The molecule has 2 N–H and O–H groups in total. The molecule has 0 radical (unpaired) electrons. The second-order valence-electron chi connectivity index (χ2n) is 7.28. The van der Waals surface area contributed by atoms with Crippen LogP contribution in [-0.4, -0.2) is 51.1 Å². The Morgan fingerprint density at radius 1 is 1.28 bits per heavy atom. The first kappa shape index (κ1) is 19.6. The van der Waals surface area contributed by atoms with Crippen LogP contribution in [0, 0.1) is 0 Å². The molecule has 1 fully saturated rings. The third-order valence-corrected chi connectivity index (χ3v) is 6.79. The Balaban J connectivity index is 1.41. The number of hydrogen-bond acceptors (Lipinski definition) is 6. The number of carbonyl (C=O) groups is 2. The number of likely N-dealkylation sites (tertiary alicyclic amines) is 1. The van der Waals surface area contributed by atoms with Gasteiger partial charge in [0.1, 0.15) is 4.88 Å². The van der Waals surface area contributed by atoms with Gasteiger partial charge < -0.3 is 19.3 Å². The van der Waals surface area contributed by atoms with Crippen LogP contribution in [0.3, 0.4) is 0 Å².